The van der Waals surface area contributed by atoms with Crippen LogP contribution in [0.2, 0.25) is 0 Å². The maximum absolute atomic E-state index is 12.1. The van der Waals surface area contributed by atoms with Crippen LogP contribution in [-0.2, 0) is 9.84 Å². The molecule has 2 aromatic rings. The fourth-order valence-electron chi connectivity index (χ4n) is 2.37. The minimum absolute atomic E-state index is 0.0979. The number of pyridine rings is 1. The van der Waals surface area contributed by atoms with E-state index >= 15 is 0 Å². The van der Waals surface area contributed by atoms with E-state index in [0.717, 1.165) is 16.8 Å². The molecule has 98 valence electrons. The van der Waals surface area contributed by atoms with Gasteiger partial charge in [0.1, 0.15) is 0 Å². The Balaban J connectivity index is 1.99. The molecule has 2 heterocycles. The highest BCUT2D eigenvalue weighted by Crippen LogP contribution is 2.35. The number of hydrogen-bond acceptors (Lipinski definition) is 4. The van der Waals surface area contributed by atoms with Crippen LogP contribution in [0.4, 0.5) is 5.69 Å². The van der Waals surface area contributed by atoms with Crippen LogP contribution in [0.15, 0.2) is 47.6 Å². The predicted octanol–water partition coefficient (Wildman–Crippen LogP) is 2.33. The first-order chi connectivity index (χ1) is 9.08. The van der Waals surface area contributed by atoms with Gasteiger partial charge >= 0.3 is 0 Å². The van der Waals surface area contributed by atoms with Gasteiger partial charge in [-0.15, -0.1) is 0 Å². The Morgan fingerprint density at radius 3 is 2.84 bits per heavy atom. The van der Waals surface area contributed by atoms with Gasteiger partial charge in [-0.05, 0) is 30.2 Å². The number of nitrogens with one attached hydrogen (secondary N) is 1. The Labute approximate surface area is 112 Å². The summed E-state index contributed by atoms with van der Waals surface area (Å²) in [6.45, 7) is 1.97. The molecule has 0 fully saturated rings. The highest BCUT2D eigenvalue weighted by atomic mass is 32.2. The second-order valence-corrected chi connectivity index (χ2v) is 6.71. The van der Waals surface area contributed by atoms with E-state index in [1.165, 1.54) is 0 Å². The van der Waals surface area contributed by atoms with Gasteiger partial charge in [0.2, 0.25) is 0 Å². The van der Waals surface area contributed by atoms with Crippen molar-refractivity contribution in [3.05, 3.63) is 53.9 Å². The average Bonchev–Trinajstić information content (AvgIpc) is 2.65. The first-order valence-corrected chi connectivity index (χ1v) is 7.72. The Morgan fingerprint density at radius 2 is 2.05 bits per heavy atom. The lowest BCUT2D eigenvalue weighted by Gasteiger charge is -2.15. The molecule has 1 aromatic heterocycles. The predicted molar refractivity (Wildman–Crippen MR) is 73.8 cm³/mol. The summed E-state index contributed by atoms with van der Waals surface area (Å²) >= 11 is 0. The normalized spacial score (nSPS) is 19.9. The maximum Gasteiger partial charge on any atom is 0.181 e. The number of nitrogens with zero attached hydrogens (tertiary/aromatic N) is 1. The number of benzene rings is 1. The smallest absolute Gasteiger partial charge is 0.181 e. The third-order valence-electron chi connectivity index (χ3n) is 3.38. The molecule has 1 aliphatic heterocycles. The van der Waals surface area contributed by atoms with Crippen LogP contribution in [0.5, 0.6) is 0 Å². The van der Waals surface area contributed by atoms with E-state index < -0.39 is 9.84 Å². The molecule has 0 bridgehead atoms. The van der Waals surface area contributed by atoms with Crippen LogP contribution in [0.3, 0.4) is 0 Å². The fraction of sp³-hybridized carbons (Fsp3) is 0.214. The summed E-state index contributed by atoms with van der Waals surface area (Å²) in [6, 6.07) is 8.85. The standard InChI is InChI=1S/C14H14N2O2S/c1-10-6-7-15-8-12(10)16-13-9-19(17,18)14-5-3-2-4-11(13)14/h2-8,13,16H,9H2,1H3/t13-/m0/s1. The van der Waals surface area contributed by atoms with Gasteiger partial charge in [0.05, 0.1) is 28.6 Å². The third kappa shape index (κ3) is 2.10. The topological polar surface area (TPSA) is 59.1 Å². The Hall–Kier alpha value is -1.88. The Kier molecular flexibility index (Phi) is 2.78. The number of sulfone groups is 1. The van der Waals surface area contributed by atoms with Gasteiger partial charge in [-0.1, -0.05) is 18.2 Å². The van der Waals surface area contributed by atoms with Crippen molar-refractivity contribution in [1.82, 2.24) is 4.98 Å². The molecule has 0 saturated heterocycles. The van der Waals surface area contributed by atoms with Crippen LogP contribution >= 0.6 is 0 Å². The minimum Gasteiger partial charge on any atom is -0.376 e. The largest absolute Gasteiger partial charge is 0.376 e. The van der Waals surface area contributed by atoms with Crippen LogP contribution < -0.4 is 5.32 Å². The fourth-order valence-corrected chi connectivity index (χ4v) is 4.11. The molecule has 1 aromatic carbocycles. The van der Waals surface area contributed by atoms with Gasteiger partial charge in [0, 0.05) is 6.20 Å². The molecule has 0 radical (unpaired) electrons. The monoisotopic (exact) mass is 274 g/mol. The van der Waals surface area contributed by atoms with E-state index in [1.54, 1.807) is 24.5 Å². The quantitative estimate of drug-likeness (QED) is 0.913. The summed E-state index contributed by atoms with van der Waals surface area (Å²) in [6.07, 6.45) is 3.45. The molecule has 3 rings (SSSR count). The molecule has 19 heavy (non-hydrogen) atoms. The number of hydrogen-bond donors (Lipinski definition) is 1. The Bertz CT molecular complexity index is 726. The van der Waals surface area contributed by atoms with E-state index in [-0.39, 0.29) is 11.8 Å². The summed E-state index contributed by atoms with van der Waals surface area (Å²) in [7, 11) is -3.17. The molecule has 1 N–H and O–H groups in total. The van der Waals surface area contributed by atoms with Gasteiger partial charge in [-0.3, -0.25) is 4.98 Å². The number of anilines is 1. The minimum atomic E-state index is -3.17. The van der Waals surface area contributed by atoms with Gasteiger partial charge in [0.15, 0.2) is 9.84 Å². The highest BCUT2D eigenvalue weighted by molar-refractivity contribution is 7.91. The van der Waals surface area contributed by atoms with Crippen molar-refractivity contribution in [2.24, 2.45) is 0 Å². The number of rotatable bonds is 2. The molecule has 5 heteroatoms. The van der Waals surface area contributed by atoms with Crippen LogP contribution in [0.25, 0.3) is 0 Å². The summed E-state index contributed by atoms with van der Waals surface area (Å²) < 4.78 is 24.2. The molecule has 1 atom stereocenters. The van der Waals surface area contributed by atoms with Crippen molar-refractivity contribution in [3.8, 4) is 0 Å². The zero-order chi connectivity index (χ0) is 13.5. The number of aromatic nitrogens is 1. The number of aryl methyl sites for hydroxylation is 1. The zero-order valence-electron chi connectivity index (χ0n) is 10.5. The van der Waals surface area contributed by atoms with Crippen molar-refractivity contribution >= 4 is 15.5 Å². The average molecular weight is 274 g/mol. The van der Waals surface area contributed by atoms with Crippen molar-refractivity contribution in [1.29, 1.82) is 0 Å². The maximum atomic E-state index is 12.1. The molecule has 0 amide bonds. The summed E-state index contributed by atoms with van der Waals surface area (Å²) in [5.74, 6) is 0.0979. The summed E-state index contributed by atoms with van der Waals surface area (Å²) in [4.78, 5) is 4.51. The van der Waals surface area contributed by atoms with Crippen LogP contribution in [-0.4, -0.2) is 19.2 Å². The summed E-state index contributed by atoms with van der Waals surface area (Å²) in [5, 5.41) is 3.28. The SMILES string of the molecule is Cc1ccncc1N[C@H]1CS(=O)(=O)c2ccccc21. The molecular weight excluding hydrogens is 260 g/mol. The molecule has 0 saturated carbocycles. The van der Waals surface area contributed by atoms with E-state index in [9.17, 15) is 8.42 Å². The molecule has 1 aliphatic rings. The highest BCUT2D eigenvalue weighted by Gasteiger charge is 2.34. The van der Waals surface area contributed by atoms with Gasteiger partial charge in [0.25, 0.3) is 0 Å². The van der Waals surface area contributed by atoms with E-state index in [2.05, 4.69) is 10.3 Å². The van der Waals surface area contributed by atoms with Crippen molar-refractivity contribution in [2.45, 2.75) is 17.9 Å². The van der Waals surface area contributed by atoms with Crippen molar-refractivity contribution in [3.63, 3.8) is 0 Å². The van der Waals surface area contributed by atoms with Crippen LogP contribution in [0, 0.1) is 6.92 Å². The van der Waals surface area contributed by atoms with Crippen LogP contribution in [0.1, 0.15) is 17.2 Å². The van der Waals surface area contributed by atoms with Gasteiger partial charge < -0.3 is 5.32 Å². The van der Waals surface area contributed by atoms with E-state index in [4.69, 9.17) is 0 Å². The van der Waals surface area contributed by atoms with E-state index in [0.29, 0.717) is 4.90 Å². The molecule has 4 nitrogen and oxygen atoms in total. The molecular formula is C14H14N2O2S. The number of fused-ring (bicyclic) bond motifs is 1. The molecule has 0 unspecified atom stereocenters. The van der Waals surface area contributed by atoms with Gasteiger partial charge in [-0.2, -0.15) is 0 Å². The third-order valence-corrected chi connectivity index (χ3v) is 5.20. The van der Waals surface area contributed by atoms with Crippen molar-refractivity contribution in [2.75, 3.05) is 11.1 Å². The lowest BCUT2D eigenvalue weighted by atomic mass is 10.1. The summed E-state index contributed by atoms with van der Waals surface area (Å²) in [5.41, 5.74) is 2.77. The Morgan fingerprint density at radius 1 is 1.26 bits per heavy atom. The molecule has 0 spiro atoms. The first kappa shape index (κ1) is 12.2. The van der Waals surface area contributed by atoms with Gasteiger partial charge in [-0.25, -0.2) is 8.42 Å². The lowest BCUT2D eigenvalue weighted by molar-refractivity contribution is 0.598. The zero-order valence-corrected chi connectivity index (χ0v) is 11.3. The first-order valence-electron chi connectivity index (χ1n) is 6.07. The second-order valence-electron chi connectivity index (χ2n) is 4.71. The lowest BCUT2D eigenvalue weighted by Crippen LogP contribution is -2.13. The van der Waals surface area contributed by atoms with Crippen molar-refractivity contribution < 1.29 is 8.42 Å². The second kappa shape index (κ2) is 4.35. The molecule has 0 aliphatic carbocycles. The van der Waals surface area contributed by atoms with E-state index in [1.807, 2.05) is 25.1 Å².